The Kier molecular flexibility index (Phi) is 8.94. The zero-order valence-electron chi connectivity index (χ0n) is 12.9. The zero-order chi connectivity index (χ0) is 15.3. The van der Waals surface area contributed by atoms with Crippen LogP contribution in [0.3, 0.4) is 0 Å². The average Bonchev–Trinajstić information content (AvgIpc) is 2.48. The van der Waals surface area contributed by atoms with Gasteiger partial charge in [-0.25, -0.2) is 0 Å². The van der Waals surface area contributed by atoms with Crippen LogP contribution in [0.25, 0.3) is 12.2 Å². The minimum absolute atomic E-state index is 0.271. The molecule has 1 N–H and O–H groups in total. The van der Waals surface area contributed by atoms with E-state index in [0.29, 0.717) is 0 Å². The van der Waals surface area contributed by atoms with Crippen LogP contribution in [0.2, 0.25) is 0 Å². The third kappa shape index (κ3) is 8.85. The number of rotatable bonds is 10. The van der Waals surface area contributed by atoms with Crippen LogP contribution >= 0.6 is 0 Å². The van der Waals surface area contributed by atoms with Gasteiger partial charge in [0, 0.05) is 6.42 Å². The van der Waals surface area contributed by atoms with Crippen LogP contribution in [0.1, 0.15) is 63.0 Å². The molecule has 21 heavy (non-hydrogen) atoms. The van der Waals surface area contributed by atoms with Crippen LogP contribution < -0.4 is 0 Å². The number of carboxylic acids is 1. The first-order valence-electron chi connectivity index (χ1n) is 7.87. The normalized spacial score (nSPS) is 11.5. The molecule has 114 valence electrons. The molecule has 0 heterocycles. The second-order valence-corrected chi connectivity index (χ2v) is 5.25. The van der Waals surface area contributed by atoms with Crippen molar-refractivity contribution in [2.45, 2.75) is 51.9 Å². The lowest BCUT2D eigenvalue weighted by Crippen LogP contribution is -1.92. The average molecular weight is 286 g/mol. The van der Waals surface area contributed by atoms with E-state index in [1.165, 1.54) is 24.0 Å². The first-order chi connectivity index (χ1) is 10.2. The number of unbranched alkanes of at least 4 members (excludes halogenated alkanes) is 4. The van der Waals surface area contributed by atoms with Crippen molar-refractivity contribution in [1.82, 2.24) is 0 Å². The van der Waals surface area contributed by atoms with Crippen molar-refractivity contribution in [3.05, 3.63) is 47.5 Å². The maximum absolute atomic E-state index is 10.4. The number of benzene rings is 1. The van der Waals surface area contributed by atoms with Gasteiger partial charge in [0.2, 0.25) is 0 Å². The summed E-state index contributed by atoms with van der Waals surface area (Å²) >= 11 is 0. The number of carboxylic acid groups (broad SMARTS) is 1. The van der Waals surface area contributed by atoms with E-state index in [2.05, 4.69) is 55.5 Å². The zero-order valence-corrected chi connectivity index (χ0v) is 12.9. The maximum Gasteiger partial charge on any atom is 0.303 e. The summed E-state index contributed by atoms with van der Waals surface area (Å²) in [7, 11) is 0. The van der Waals surface area contributed by atoms with Gasteiger partial charge in [0.1, 0.15) is 0 Å². The first kappa shape index (κ1) is 17.2. The first-order valence-corrected chi connectivity index (χ1v) is 7.87. The molecule has 0 aliphatic rings. The fourth-order valence-corrected chi connectivity index (χ4v) is 2.02. The molecule has 0 spiro atoms. The number of aliphatic carboxylic acids is 1. The summed E-state index contributed by atoms with van der Waals surface area (Å²) in [5.74, 6) is -0.707. The molecule has 2 nitrogen and oxygen atoms in total. The summed E-state index contributed by atoms with van der Waals surface area (Å²) in [6.07, 6.45) is 15.2. The van der Waals surface area contributed by atoms with E-state index in [1.54, 1.807) is 0 Å². The Hall–Kier alpha value is -1.83. The van der Waals surface area contributed by atoms with E-state index in [-0.39, 0.29) is 6.42 Å². The third-order valence-corrected chi connectivity index (χ3v) is 3.29. The Morgan fingerprint density at radius 2 is 1.48 bits per heavy atom. The molecule has 0 saturated carbocycles. The van der Waals surface area contributed by atoms with Gasteiger partial charge >= 0.3 is 5.97 Å². The van der Waals surface area contributed by atoms with Crippen LogP contribution in [0, 0.1) is 0 Å². The van der Waals surface area contributed by atoms with Gasteiger partial charge in [-0.2, -0.15) is 0 Å². The second-order valence-electron chi connectivity index (χ2n) is 5.25. The largest absolute Gasteiger partial charge is 0.481 e. The van der Waals surface area contributed by atoms with Crippen LogP contribution in [-0.4, -0.2) is 11.1 Å². The van der Waals surface area contributed by atoms with Crippen molar-refractivity contribution in [3.8, 4) is 0 Å². The highest BCUT2D eigenvalue weighted by molar-refractivity contribution is 5.66. The summed E-state index contributed by atoms with van der Waals surface area (Å²) in [5.41, 5.74) is 2.43. The van der Waals surface area contributed by atoms with Gasteiger partial charge in [0.15, 0.2) is 0 Å². The molecule has 0 bridgehead atoms. The van der Waals surface area contributed by atoms with Crippen LogP contribution in [0.5, 0.6) is 0 Å². The second kappa shape index (κ2) is 10.9. The van der Waals surface area contributed by atoms with Crippen molar-refractivity contribution in [2.24, 2.45) is 0 Å². The smallest absolute Gasteiger partial charge is 0.303 e. The summed E-state index contributed by atoms with van der Waals surface area (Å²) in [6.45, 7) is 2.21. The van der Waals surface area contributed by atoms with E-state index in [0.717, 1.165) is 25.7 Å². The summed E-state index contributed by atoms with van der Waals surface area (Å²) in [6, 6.07) is 8.50. The van der Waals surface area contributed by atoms with Gasteiger partial charge in [-0.1, -0.05) is 68.3 Å². The summed E-state index contributed by atoms with van der Waals surface area (Å²) in [4.78, 5) is 10.4. The fraction of sp³-hybridized carbons (Fsp3) is 0.421. The lowest BCUT2D eigenvalue weighted by molar-refractivity contribution is -0.137. The molecule has 1 rings (SSSR count). The van der Waals surface area contributed by atoms with Crippen LogP contribution in [0.4, 0.5) is 0 Å². The molecule has 0 radical (unpaired) electrons. The lowest BCUT2D eigenvalue weighted by atomic mass is 10.1. The van der Waals surface area contributed by atoms with Crippen molar-refractivity contribution in [1.29, 1.82) is 0 Å². The standard InChI is InChI=1S/C19H26O2/c1-2-3-4-7-10-17-13-15-18(16-14-17)11-8-5-6-9-12-19(20)21/h7-8,10-11,13-16H,2-6,9,12H2,1H3,(H,20,21)/b10-7+,11-8+. The Morgan fingerprint density at radius 3 is 1.95 bits per heavy atom. The molecule has 0 saturated heterocycles. The van der Waals surface area contributed by atoms with Gasteiger partial charge in [0.05, 0.1) is 0 Å². The van der Waals surface area contributed by atoms with Gasteiger partial charge in [-0.3, -0.25) is 4.79 Å². The number of hydrogen-bond acceptors (Lipinski definition) is 1. The molecule has 0 aliphatic heterocycles. The number of allylic oxidation sites excluding steroid dienone is 2. The Bertz CT molecular complexity index is 455. The van der Waals surface area contributed by atoms with E-state index in [4.69, 9.17) is 5.11 Å². The van der Waals surface area contributed by atoms with Gasteiger partial charge in [-0.15, -0.1) is 0 Å². The van der Waals surface area contributed by atoms with E-state index < -0.39 is 5.97 Å². The molecule has 0 aromatic heterocycles. The molecule has 1 aromatic carbocycles. The highest BCUT2D eigenvalue weighted by atomic mass is 16.4. The van der Waals surface area contributed by atoms with Crippen molar-refractivity contribution >= 4 is 18.1 Å². The predicted molar refractivity (Wildman–Crippen MR) is 90.1 cm³/mol. The molecule has 0 atom stereocenters. The topological polar surface area (TPSA) is 37.3 Å². The molecule has 0 unspecified atom stereocenters. The summed E-state index contributed by atoms with van der Waals surface area (Å²) in [5, 5.41) is 8.54. The minimum atomic E-state index is -0.707. The minimum Gasteiger partial charge on any atom is -0.481 e. The monoisotopic (exact) mass is 286 g/mol. The molecule has 2 heteroatoms. The van der Waals surface area contributed by atoms with Gasteiger partial charge in [-0.05, 0) is 36.8 Å². The quantitative estimate of drug-likeness (QED) is 0.573. The molecule has 1 aromatic rings. The number of carbonyl (C=O) groups is 1. The Labute approximate surface area is 128 Å². The van der Waals surface area contributed by atoms with Crippen LogP contribution in [-0.2, 0) is 4.79 Å². The van der Waals surface area contributed by atoms with E-state index in [9.17, 15) is 4.79 Å². The maximum atomic E-state index is 10.4. The summed E-state index contributed by atoms with van der Waals surface area (Å²) < 4.78 is 0. The predicted octanol–water partition coefficient (Wildman–Crippen LogP) is 5.55. The third-order valence-electron chi connectivity index (χ3n) is 3.29. The van der Waals surface area contributed by atoms with Crippen molar-refractivity contribution in [2.75, 3.05) is 0 Å². The Balaban J connectivity index is 2.30. The number of hydrogen-bond donors (Lipinski definition) is 1. The highest BCUT2D eigenvalue weighted by Gasteiger charge is 1.94. The molecular weight excluding hydrogens is 260 g/mol. The molecule has 0 fully saturated rings. The van der Waals surface area contributed by atoms with E-state index >= 15 is 0 Å². The SMILES string of the molecule is CCCC/C=C/c1ccc(/C=C/CCCCC(=O)O)cc1. The van der Waals surface area contributed by atoms with Gasteiger partial charge < -0.3 is 5.11 Å². The molecule has 0 aliphatic carbocycles. The molecule has 0 amide bonds. The van der Waals surface area contributed by atoms with Crippen LogP contribution in [0.15, 0.2) is 36.4 Å². The van der Waals surface area contributed by atoms with Crippen molar-refractivity contribution in [3.63, 3.8) is 0 Å². The molecular formula is C19H26O2. The lowest BCUT2D eigenvalue weighted by Gasteiger charge is -1.97. The fourth-order valence-electron chi connectivity index (χ4n) is 2.02. The van der Waals surface area contributed by atoms with Crippen molar-refractivity contribution < 1.29 is 9.90 Å². The highest BCUT2D eigenvalue weighted by Crippen LogP contribution is 2.10. The van der Waals surface area contributed by atoms with E-state index in [1.807, 2.05) is 0 Å². The Morgan fingerprint density at radius 1 is 0.952 bits per heavy atom. The van der Waals surface area contributed by atoms with Gasteiger partial charge in [0.25, 0.3) is 0 Å².